The minimum absolute atomic E-state index is 0.0594. The zero-order valence-electron chi connectivity index (χ0n) is 23.9. The molecule has 0 spiro atoms. The zero-order valence-corrected chi connectivity index (χ0v) is 26.2. The van der Waals surface area contributed by atoms with Crippen molar-refractivity contribution in [2.45, 2.75) is 62.3 Å². The third-order valence-electron chi connectivity index (χ3n) is 6.37. The SMILES string of the molecule is CC(C)(C)C1=CC(=CC2=C([O-])C(=CC3=CC(C(C)(C)C)=[Te]C(C(C)(C)C)=C3)C2=O)C=C(c2ccccn2)O1. The van der Waals surface area contributed by atoms with E-state index in [0.717, 1.165) is 16.9 Å². The van der Waals surface area contributed by atoms with Gasteiger partial charge in [-0.25, -0.2) is 0 Å². The Morgan fingerprint density at radius 2 is 1.58 bits per heavy atom. The summed E-state index contributed by atoms with van der Waals surface area (Å²) in [5.74, 6) is 0.932. The van der Waals surface area contributed by atoms with Crippen LogP contribution in [0.25, 0.3) is 5.76 Å². The minimum atomic E-state index is -0.473. The van der Waals surface area contributed by atoms with E-state index in [1.54, 1.807) is 18.3 Å². The number of carbonyl (C=O) groups is 1. The van der Waals surface area contributed by atoms with Crippen LogP contribution in [-0.4, -0.2) is 34.8 Å². The summed E-state index contributed by atoms with van der Waals surface area (Å²) in [7, 11) is 0. The number of carbonyl (C=O) groups excluding carboxylic acids is 1. The van der Waals surface area contributed by atoms with Crippen molar-refractivity contribution in [3.63, 3.8) is 0 Å². The van der Waals surface area contributed by atoms with Crippen LogP contribution in [0.2, 0.25) is 0 Å². The third kappa shape index (κ3) is 6.11. The minimum Gasteiger partial charge on any atom is -0.253 e. The van der Waals surface area contributed by atoms with E-state index < -0.39 is 20.5 Å². The second kappa shape index (κ2) is 10.1. The fourth-order valence-corrected chi connectivity index (χ4v) is 7.52. The zero-order chi connectivity index (χ0) is 28.0. The van der Waals surface area contributed by atoms with Crippen LogP contribution in [0, 0.1) is 16.2 Å². The van der Waals surface area contributed by atoms with Crippen molar-refractivity contribution in [1.29, 1.82) is 0 Å². The first-order valence-electron chi connectivity index (χ1n) is 13.0. The van der Waals surface area contributed by atoms with Crippen LogP contribution in [0.15, 0.2) is 98.3 Å². The van der Waals surface area contributed by atoms with Crippen LogP contribution < -0.4 is 5.11 Å². The number of aromatic nitrogens is 1. The molecule has 2 aliphatic heterocycles. The summed E-state index contributed by atoms with van der Waals surface area (Å²) in [5, 5.41) is 13.2. The van der Waals surface area contributed by atoms with Crippen LogP contribution in [0.5, 0.6) is 0 Å². The van der Waals surface area contributed by atoms with E-state index in [9.17, 15) is 9.90 Å². The molecule has 1 radical (unpaired) electrons. The van der Waals surface area contributed by atoms with Crippen molar-refractivity contribution < 1.29 is 14.6 Å². The predicted octanol–water partition coefficient (Wildman–Crippen LogP) is 6.23. The molecule has 5 heteroatoms. The maximum atomic E-state index is 13.2. The van der Waals surface area contributed by atoms with Gasteiger partial charge in [0, 0.05) is 6.20 Å². The van der Waals surface area contributed by atoms with Crippen molar-refractivity contribution in [1.82, 2.24) is 4.98 Å². The Morgan fingerprint density at radius 1 is 0.868 bits per heavy atom. The Bertz CT molecular complexity index is 1410. The molecule has 0 unspecified atom stereocenters. The Balaban J connectivity index is 1.73. The van der Waals surface area contributed by atoms with Gasteiger partial charge in [-0.3, -0.25) is 4.98 Å². The molecule has 4 rings (SSSR count). The predicted molar refractivity (Wildman–Crippen MR) is 155 cm³/mol. The number of rotatable bonds is 3. The number of nitrogens with zero attached hydrogens (tertiary/aromatic N) is 1. The summed E-state index contributed by atoms with van der Waals surface area (Å²) in [6, 6.07) is 5.64. The third-order valence-corrected chi connectivity index (χ3v) is 11.8. The average molecular weight is 623 g/mol. The Labute approximate surface area is 236 Å². The Kier molecular flexibility index (Phi) is 7.51. The van der Waals surface area contributed by atoms with Crippen molar-refractivity contribution in [2.24, 2.45) is 16.2 Å². The molecule has 0 N–H and O–H groups in total. The van der Waals surface area contributed by atoms with E-state index >= 15 is 0 Å². The average Bonchev–Trinajstić information content (AvgIpc) is 2.84. The standard InChI is InChI=1S/C33H38NO3Te/c1-31(2,3)26-17-20(16-25(37-26)24-12-10-11-13-34-24)14-22-29(35)23(30(22)36)15-21-18-27(32(4,5)6)38-28(19-21)33(7,8)9/h10-19,35H,1-9H3/p-1. The van der Waals surface area contributed by atoms with Gasteiger partial charge in [0.2, 0.25) is 0 Å². The first kappa shape index (κ1) is 28.3. The fraction of sp³-hybridized carbons (Fsp3) is 0.364. The van der Waals surface area contributed by atoms with E-state index in [1.807, 2.05) is 30.4 Å². The Hall–Kier alpha value is -2.74. The maximum absolute atomic E-state index is 13.2. The molecule has 3 heterocycles. The molecule has 199 valence electrons. The van der Waals surface area contributed by atoms with E-state index in [0.29, 0.717) is 11.5 Å². The van der Waals surface area contributed by atoms with Crippen molar-refractivity contribution >= 4 is 35.5 Å². The van der Waals surface area contributed by atoms with E-state index in [1.165, 1.54) is 7.17 Å². The first-order chi connectivity index (χ1) is 17.5. The number of ketones is 1. The molecule has 3 aliphatic rings. The van der Waals surface area contributed by atoms with Gasteiger partial charge in [0.25, 0.3) is 0 Å². The van der Waals surface area contributed by atoms with E-state index in [2.05, 4.69) is 79.4 Å². The fourth-order valence-electron chi connectivity index (χ4n) is 3.98. The van der Waals surface area contributed by atoms with E-state index in [4.69, 9.17) is 4.74 Å². The number of Topliss-reactive ketones (excluding diaryl/α,β-unsaturated/α-hetero) is 1. The summed E-state index contributed by atoms with van der Waals surface area (Å²) < 4.78 is 9.03. The van der Waals surface area contributed by atoms with Gasteiger partial charge < -0.3 is 0 Å². The van der Waals surface area contributed by atoms with Crippen LogP contribution >= 0.6 is 0 Å². The van der Waals surface area contributed by atoms with Gasteiger partial charge in [-0.05, 0) is 12.1 Å². The van der Waals surface area contributed by atoms with Crippen LogP contribution in [0.1, 0.15) is 68.0 Å². The molecule has 38 heavy (non-hydrogen) atoms. The van der Waals surface area contributed by atoms with Crippen LogP contribution in [0.3, 0.4) is 0 Å². The second-order valence-electron chi connectivity index (χ2n) is 13.0. The molecule has 0 bridgehead atoms. The number of allylic oxidation sites excluding steroid dienone is 12. The molecular formula is C33H37NO3Te-. The van der Waals surface area contributed by atoms with Gasteiger partial charge in [-0.15, -0.1) is 0 Å². The van der Waals surface area contributed by atoms with Gasteiger partial charge >= 0.3 is 188 Å². The molecule has 0 saturated carbocycles. The number of pyridine rings is 1. The number of ether oxygens (including phenoxy) is 1. The molecule has 4 nitrogen and oxygen atoms in total. The van der Waals surface area contributed by atoms with Gasteiger partial charge in [0.05, 0.1) is 0 Å². The molecule has 0 amide bonds. The number of hydrogen-bond donors (Lipinski definition) is 0. The van der Waals surface area contributed by atoms with Crippen LogP contribution in [0.4, 0.5) is 0 Å². The molecule has 0 saturated heterocycles. The second-order valence-corrected chi connectivity index (χ2v) is 16.1. The smallest absolute Gasteiger partial charge is 0.253 e. The van der Waals surface area contributed by atoms with Crippen molar-refractivity contribution in [3.05, 3.63) is 104 Å². The number of hydrogen-bond acceptors (Lipinski definition) is 4. The Morgan fingerprint density at radius 3 is 2.13 bits per heavy atom. The van der Waals surface area contributed by atoms with Crippen molar-refractivity contribution in [3.8, 4) is 0 Å². The van der Waals surface area contributed by atoms with Gasteiger partial charge in [0.1, 0.15) is 0 Å². The normalized spacial score (nSPS) is 20.9. The molecule has 1 aliphatic carbocycles. The summed E-state index contributed by atoms with van der Waals surface area (Å²) in [4.78, 5) is 17.6. The van der Waals surface area contributed by atoms with Gasteiger partial charge in [0.15, 0.2) is 0 Å². The monoisotopic (exact) mass is 625 g/mol. The molecule has 0 atom stereocenters. The van der Waals surface area contributed by atoms with Crippen LogP contribution in [-0.2, 0) is 9.53 Å². The topological polar surface area (TPSA) is 62.2 Å². The van der Waals surface area contributed by atoms with Gasteiger partial charge in [-0.2, -0.15) is 0 Å². The molecule has 1 aromatic rings. The summed E-state index contributed by atoms with van der Waals surface area (Å²) in [6.07, 6.45) is 13.3. The first-order valence-corrected chi connectivity index (χ1v) is 15.3. The summed E-state index contributed by atoms with van der Waals surface area (Å²) >= 11 is -0.473. The molecule has 1 aromatic heterocycles. The summed E-state index contributed by atoms with van der Waals surface area (Å²) in [5.41, 5.74) is 2.71. The van der Waals surface area contributed by atoms with Crippen molar-refractivity contribution in [2.75, 3.05) is 0 Å². The molecule has 0 fully saturated rings. The quantitative estimate of drug-likeness (QED) is 0.296. The molecular weight excluding hydrogens is 586 g/mol. The molecule has 0 aromatic carbocycles. The van der Waals surface area contributed by atoms with Gasteiger partial charge in [-0.1, -0.05) is 26.8 Å². The summed E-state index contributed by atoms with van der Waals surface area (Å²) in [6.45, 7) is 19.6. The van der Waals surface area contributed by atoms with E-state index in [-0.39, 0.29) is 38.9 Å².